The molecule has 0 radical (unpaired) electrons. The molecule has 7 nitrogen and oxygen atoms in total. The van der Waals surface area contributed by atoms with Gasteiger partial charge in [-0.2, -0.15) is 9.78 Å². The van der Waals surface area contributed by atoms with Gasteiger partial charge in [-0.3, -0.25) is 10.1 Å². The highest BCUT2D eigenvalue weighted by Gasteiger charge is 2.30. The fourth-order valence-corrected chi connectivity index (χ4v) is 3.96. The summed E-state index contributed by atoms with van der Waals surface area (Å²) in [6.07, 6.45) is 0.868. The summed E-state index contributed by atoms with van der Waals surface area (Å²) in [5, 5.41) is 7.39. The molecule has 29 heavy (non-hydrogen) atoms. The molecule has 0 amide bonds. The van der Waals surface area contributed by atoms with E-state index in [0.717, 1.165) is 47.2 Å². The van der Waals surface area contributed by atoms with E-state index in [0.29, 0.717) is 11.0 Å². The van der Waals surface area contributed by atoms with Crippen LogP contribution in [0.2, 0.25) is 0 Å². The second-order valence-corrected chi connectivity index (χ2v) is 7.19. The maximum Gasteiger partial charge on any atom is 0.296 e. The first-order valence-electron chi connectivity index (χ1n) is 9.56. The van der Waals surface area contributed by atoms with Gasteiger partial charge in [0.25, 0.3) is 11.2 Å². The van der Waals surface area contributed by atoms with Crippen LogP contribution >= 0.6 is 0 Å². The minimum Gasteiger partial charge on any atom is -0.497 e. The molecular formula is C22H22N5O2+. The van der Waals surface area contributed by atoms with Crippen molar-refractivity contribution in [3.8, 4) is 11.4 Å². The highest BCUT2D eigenvalue weighted by atomic mass is 16.5. The summed E-state index contributed by atoms with van der Waals surface area (Å²) in [6.45, 7) is 0.871. The van der Waals surface area contributed by atoms with E-state index in [1.165, 1.54) is 0 Å². The maximum absolute atomic E-state index is 13.2. The molecular weight excluding hydrogens is 366 g/mol. The van der Waals surface area contributed by atoms with Crippen LogP contribution in [-0.4, -0.2) is 30.5 Å². The van der Waals surface area contributed by atoms with Crippen molar-refractivity contribution in [1.29, 1.82) is 0 Å². The zero-order valence-electron chi connectivity index (χ0n) is 16.3. The van der Waals surface area contributed by atoms with Crippen LogP contribution < -0.4 is 25.5 Å². The number of ether oxygens (including phenoxy) is 1. The van der Waals surface area contributed by atoms with Crippen molar-refractivity contribution < 1.29 is 9.72 Å². The maximum atomic E-state index is 13.2. The number of nitrogens with one attached hydrogen (secondary N) is 3. The number of hydrogen-bond donors (Lipinski definition) is 2. The van der Waals surface area contributed by atoms with Crippen LogP contribution in [0.15, 0.2) is 59.4 Å². The van der Waals surface area contributed by atoms with Crippen LogP contribution in [0.4, 0.5) is 17.2 Å². The van der Waals surface area contributed by atoms with Gasteiger partial charge in [0.15, 0.2) is 0 Å². The predicted octanol–water partition coefficient (Wildman–Crippen LogP) is 2.88. The van der Waals surface area contributed by atoms with Crippen molar-refractivity contribution in [2.45, 2.75) is 6.42 Å². The number of fused-ring (bicyclic) bond motifs is 3. The third-order valence-electron chi connectivity index (χ3n) is 5.42. The first-order valence-corrected chi connectivity index (χ1v) is 9.56. The third kappa shape index (κ3) is 2.82. The van der Waals surface area contributed by atoms with Crippen molar-refractivity contribution in [2.24, 2.45) is 0 Å². The van der Waals surface area contributed by atoms with Crippen LogP contribution in [0.1, 0.15) is 5.56 Å². The lowest BCUT2D eigenvalue weighted by atomic mass is 10.1. The summed E-state index contributed by atoms with van der Waals surface area (Å²) in [7, 11) is 3.68. The minimum atomic E-state index is -0.0524. The third-order valence-corrected chi connectivity index (χ3v) is 5.42. The molecule has 146 valence electrons. The normalized spacial score (nSPS) is 13.0. The van der Waals surface area contributed by atoms with E-state index < -0.39 is 0 Å². The van der Waals surface area contributed by atoms with E-state index in [-0.39, 0.29) is 5.56 Å². The fourth-order valence-electron chi connectivity index (χ4n) is 3.96. The fraction of sp³-hybridized carbons (Fsp3) is 0.182. The molecule has 4 aromatic rings. The lowest BCUT2D eigenvalue weighted by Gasteiger charge is -2.12. The predicted molar refractivity (Wildman–Crippen MR) is 114 cm³/mol. The number of para-hydroxylation sites is 1. The van der Waals surface area contributed by atoms with Crippen molar-refractivity contribution >= 4 is 28.2 Å². The number of hydrogen-bond acceptors (Lipinski definition) is 4. The number of rotatable bonds is 4. The molecule has 0 unspecified atom stereocenters. The summed E-state index contributed by atoms with van der Waals surface area (Å²) < 4.78 is 6.83. The Bertz CT molecular complexity index is 1240. The van der Waals surface area contributed by atoms with Crippen LogP contribution in [-0.2, 0) is 6.42 Å². The number of benzene rings is 2. The van der Waals surface area contributed by atoms with E-state index >= 15 is 0 Å². The molecule has 0 aliphatic carbocycles. The van der Waals surface area contributed by atoms with Gasteiger partial charge in [-0.1, -0.05) is 18.2 Å². The van der Waals surface area contributed by atoms with Gasteiger partial charge >= 0.3 is 0 Å². The monoisotopic (exact) mass is 388 g/mol. The second-order valence-electron chi connectivity index (χ2n) is 7.19. The SMILES string of the molecule is COc1ccc(Nc2[nH+]c3[nH]n(-c4ccccc4)c(=O)c3c3c2CCN3C)cc1. The molecule has 7 heteroatoms. The van der Waals surface area contributed by atoms with Crippen LogP contribution in [0.5, 0.6) is 5.75 Å². The number of aromatic nitrogens is 3. The number of aromatic amines is 2. The topological polar surface area (TPSA) is 76.4 Å². The Labute approximate surface area is 167 Å². The Kier molecular flexibility index (Phi) is 4.01. The van der Waals surface area contributed by atoms with Gasteiger partial charge in [-0.05, 0) is 42.8 Å². The Morgan fingerprint density at radius 3 is 2.59 bits per heavy atom. The summed E-state index contributed by atoms with van der Waals surface area (Å²) in [5.74, 6) is 1.70. The van der Waals surface area contributed by atoms with Gasteiger partial charge in [0.05, 0.1) is 29.7 Å². The summed E-state index contributed by atoms with van der Waals surface area (Å²) in [4.78, 5) is 18.8. The van der Waals surface area contributed by atoms with Gasteiger partial charge in [0.1, 0.15) is 11.1 Å². The van der Waals surface area contributed by atoms with Crippen LogP contribution in [0.25, 0.3) is 16.7 Å². The first kappa shape index (κ1) is 17.4. The average molecular weight is 388 g/mol. The van der Waals surface area contributed by atoms with Crippen LogP contribution in [0.3, 0.4) is 0 Å². The summed E-state index contributed by atoms with van der Waals surface area (Å²) in [5.41, 5.74) is 4.49. The zero-order chi connectivity index (χ0) is 20.0. The smallest absolute Gasteiger partial charge is 0.296 e. The van der Waals surface area contributed by atoms with Crippen molar-refractivity contribution in [2.75, 3.05) is 30.9 Å². The number of likely N-dealkylation sites (N-methyl/N-ethyl adjacent to an activating group) is 1. The van der Waals surface area contributed by atoms with Gasteiger partial charge in [0, 0.05) is 13.6 Å². The molecule has 2 aromatic carbocycles. The molecule has 3 N–H and O–H groups in total. The standard InChI is InChI=1S/C22H21N5O2/c1-26-13-12-17-19(26)18-21(25-27(22(18)28)15-6-4-3-5-7-15)24-20(17)23-14-8-10-16(29-2)11-9-14/h3-11H,12-13H2,1-2H3,(H2,23,24,25)/p+1. The Morgan fingerprint density at radius 2 is 1.86 bits per heavy atom. The molecule has 0 saturated carbocycles. The van der Waals surface area contributed by atoms with Crippen molar-refractivity contribution in [3.63, 3.8) is 0 Å². The number of H-pyrrole nitrogens is 2. The van der Waals surface area contributed by atoms with Gasteiger partial charge < -0.3 is 9.64 Å². The number of anilines is 3. The minimum absolute atomic E-state index is 0.0524. The molecule has 1 aliphatic rings. The highest BCUT2D eigenvalue weighted by molar-refractivity contribution is 5.93. The lowest BCUT2D eigenvalue weighted by Crippen LogP contribution is -2.19. The molecule has 1 aliphatic heterocycles. The number of methoxy groups -OCH3 is 1. The van der Waals surface area contributed by atoms with E-state index in [2.05, 4.69) is 20.3 Å². The van der Waals surface area contributed by atoms with E-state index in [1.807, 2.05) is 61.6 Å². The van der Waals surface area contributed by atoms with Gasteiger partial charge in [-0.25, -0.2) is 4.98 Å². The Balaban J connectivity index is 1.67. The molecule has 2 aromatic heterocycles. The molecule has 0 bridgehead atoms. The number of pyridine rings is 1. The molecule has 0 atom stereocenters. The highest BCUT2D eigenvalue weighted by Crippen LogP contribution is 2.35. The molecule has 0 saturated heterocycles. The van der Waals surface area contributed by atoms with Gasteiger partial charge in [0.2, 0.25) is 5.82 Å². The van der Waals surface area contributed by atoms with Crippen molar-refractivity contribution in [1.82, 2.24) is 9.78 Å². The number of nitrogens with zero attached hydrogens (tertiary/aromatic N) is 2. The van der Waals surface area contributed by atoms with Gasteiger partial charge in [-0.15, -0.1) is 0 Å². The van der Waals surface area contributed by atoms with E-state index in [9.17, 15) is 4.79 Å². The summed E-state index contributed by atoms with van der Waals surface area (Å²) >= 11 is 0. The average Bonchev–Trinajstić information content (AvgIpc) is 3.29. The largest absolute Gasteiger partial charge is 0.497 e. The zero-order valence-corrected chi connectivity index (χ0v) is 16.3. The second kappa shape index (κ2) is 6.70. The molecule has 3 heterocycles. The van der Waals surface area contributed by atoms with Crippen molar-refractivity contribution in [3.05, 3.63) is 70.5 Å². The quantitative estimate of drug-likeness (QED) is 0.564. The molecule has 0 fully saturated rings. The summed E-state index contributed by atoms with van der Waals surface area (Å²) in [6, 6.07) is 17.4. The van der Waals surface area contributed by atoms with E-state index in [1.54, 1.807) is 11.8 Å². The Hall–Kier alpha value is -3.74. The van der Waals surface area contributed by atoms with E-state index in [4.69, 9.17) is 4.74 Å². The molecule has 0 spiro atoms. The van der Waals surface area contributed by atoms with Crippen LogP contribution in [0, 0.1) is 0 Å². The molecule has 5 rings (SSSR count). The first-order chi connectivity index (χ1) is 14.2. The lowest BCUT2D eigenvalue weighted by molar-refractivity contribution is -0.330. The Morgan fingerprint density at radius 1 is 1.10 bits per heavy atom.